The van der Waals surface area contributed by atoms with Crippen molar-refractivity contribution in [3.8, 4) is 0 Å². The van der Waals surface area contributed by atoms with Gasteiger partial charge in [0.15, 0.2) is 0 Å². The quantitative estimate of drug-likeness (QED) is 0.906. The number of nitrogens with two attached hydrogens (primary N) is 1. The standard InChI is InChI=1S/C15H22FN3O/c1-18(2)15(20)13-8-5-9-19(13)14(10-17)11-6-3-4-7-12(11)16/h3-4,6-7,13-14H,5,8-10,17H2,1-2H3. The van der Waals surface area contributed by atoms with E-state index in [1.165, 1.54) is 6.07 Å². The summed E-state index contributed by atoms with van der Waals surface area (Å²) in [6, 6.07) is 6.23. The highest BCUT2D eigenvalue weighted by atomic mass is 19.1. The SMILES string of the molecule is CN(C)C(=O)C1CCCN1C(CN)c1ccccc1F. The Morgan fingerprint density at radius 1 is 1.50 bits per heavy atom. The molecule has 1 heterocycles. The monoisotopic (exact) mass is 279 g/mol. The lowest BCUT2D eigenvalue weighted by Gasteiger charge is -2.33. The molecular weight excluding hydrogens is 257 g/mol. The summed E-state index contributed by atoms with van der Waals surface area (Å²) < 4.78 is 14.0. The Morgan fingerprint density at radius 2 is 2.20 bits per heavy atom. The number of likely N-dealkylation sites (tertiary alicyclic amines) is 1. The Labute approximate surface area is 119 Å². The minimum Gasteiger partial charge on any atom is -0.347 e. The highest BCUT2D eigenvalue weighted by Gasteiger charge is 2.36. The third kappa shape index (κ3) is 2.83. The van der Waals surface area contributed by atoms with Crippen LogP contribution in [0.2, 0.25) is 0 Å². The van der Waals surface area contributed by atoms with Crippen LogP contribution in [0.1, 0.15) is 24.4 Å². The molecule has 1 fully saturated rings. The van der Waals surface area contributed by atoms with Gasteiger partial charge >= 0.3 is 0 Å². The zero-order valence-electron chi connectivity index (χ0n) is 12.1. The fourth-order valence-corrected chi connectivity index (χ4v) is 2.91. The summed E-state index contributed by atoms with van der Waals surface area (Å²) in [5.41, 5.74) is 6.44. The lowest BCUT2D eigenvalue weighted by Crippen LogP contribution is -2.46. The number of nitrogens with zero attached hydrogens (tertiary/aromatic N) is 2. The highest BCUT2D eigenvalue weighted by Crippen LogP contribution is 2.30. The van der Waals surface area contributed by atoms with Crippen molar-refractivity contribution in [1.82, 2.24) is 9.80 Å². The van der Waals surface area contributed by atoms with Crippen molar-refractivity contribution < 1.29 is 9.18 Å². The molecule has 0 aromatic heterocycles. The van der Waals surface area contributed by atoms with E-state index in [1.54, 1.807) is 37.2 Å². The number of hydrogen-bond donors (Lipinski definition) is 1. The largest absolute Gasteiger partial charge is 0.347 e. The van der Waals surface area contributed by atoms with Crippen molar-refractivity contribution >= 4 is 5.91 Å². The second kappa shape index (κ2) is 6.33. The molecule has 1 aliphatic heterocycles. The molecular formula is C15H22FN3O. The molecule has 2 rings (SSSR count). The Balaban J connectivity index is 2.27. The number of rotatable bonds is 4. The summed E-state index contributed by atoms with van der Waals surface area (Å²) in [5.74, 6) is -0.191. The van der Waals surface area contributed by atoms with Crippen LogP contribution < -0.4 is 5.73 Å². The minimum atomic E-state index is -0.258. The number of likely N-dealkylation sites (N-methyl/N-ethyl adjacent to an activating group) is 1. The zero-order valence-corrected chi connectivity index (χ0v) is 12.1. The van der Waals surface area contributed by atoms with Gasteiger partial charge < -0.3 is 10.6 Å². The van der Waals surface area contributed by atoms with E-state index in [0.717, 1.165) is 19.4 Å². The lowest BCUT2D eigenvalue weighted by atomic mass is 10.0. The van der Waals surface area contributed by atoms with Crippen molar-refractivity contribution in [3.63, 3.8) is 0 Å². The molecule has 2 unspecified atom stereocenters. The van der Waals surface area contributed by atoms with E-state index in [4.69, 9.17) is 5.73 Å². The van der Waals surface area contributed by atoms with Gasteiger partial charge in [-0.05, 0) is 25.5 Å². The molecule has 110 valence electrons. The first-order valence-electron chi connectivity index (χ1n) is 6.97. The van der Waals surface area contributed by atoms with Gasteiger partial charge in [-0.1, -0.05) is 18.2 Å². The smallest absolute Gasteiger partial charge is 0.239 e. The predicted molar refractivity (Wildman–Crippen MR) is 76.6 cm³/mol. The summed E-state index contributed by atoms with van der Waals surface area (Å²) in [6.45, 7) is 1.08. The Bertz CT molecular complexity index is 478. The Kier molecular flexibility index (Phi) is 4.73. The Hall–Kier alpha value is -1.46. The zero-order chi connectivity index (χ0) is 14.7. The first kappa shape index (κ1) is 14.9. The van der Waals surface area contributed by atoms with Gasteiger partial charge in [0.1, 0.15) is 5.82 Å². The summed E-state index contributed by atoms with van der Waals surface area (Å²) in [5, 5.41) is 0. The average molecular weight is 279 g/mol. The van der Waals surface area contributed by atoms with Crippen molar-refractivity contribution in [1.29, 1.82) is 0 Å². The van der Waals surface area contributed by atoms with E-state index < -0.39 is 0 Å². The maximum absolute atomic E-state index is 14.0. The van der Waals surface area contributed by atoms with Crippen LogP contribution in [0.15, 0.2) is 24.3 Å². The number of halogens is 1. The number of hydrogen-bond acceptors (Lipinski definition) is 3. The van der Waals surface area contributed by atoms with E-state index >= 15 is 0 Å². The average Bonchev–Trinajstić information content (AvgIpc) is 2.90. The van der Waals surface area contributed by atoms with E-state index in [-0.39, 0.29) is 23.8 Å². The van der Waals surface area contributed by atoms with Gasteiger partial charge in [0.05, 0.1) is 12.1 Å². The molecule has 1 aromatic rings. The molecule has 2 atom stereocenters. The molecule has 1 saturated heterocycles. The van der Waals surface area contributed by atoms with Crippen molar-refractivity contribution in [2.45, 2.75) is 24.9 Å². The van der Waals surface area contributed by atoms with E-state index in [9.17, 15) is 9.18 Å². The lowest BCUT2D eigenvalue weighted by molar-refractivity contribution is -0.134. The van der Waals surface area contributed by atoms with Crippen molar-refractivity contribution in [2.75, 3.05) is 27.2 Å². The number of benzene rings is 1. The molecule has 1 amide bonds. The van der Waals surface area contributed by atoms with E-state index in [0.29, 0.717) is 12.1 Å². The van der Waals surface area contributed by atoms with Crippen LogP contribution in [0.5, 0.6) is 0 Å². The second-order valence-electron chi connectivity index (χ2n) is 5.40. The predicted octanol–water partition coefficient (Wildman–Crippen LogP) is 1.38. The highest BCUT2D eigenvalue weighted by molar-refractivity contribution is 5.81. The van der Waals surface area contributed by atoms with E-state index in [2.05, 4.69) is 0 Å². The van der Waals surface area contributed by atoms with Gasteiger partial charge in [0.25, 0.3) is 0 Å². The molecule has 0 radical (unpaired) electrons. The molecule has 0 spiro atoms. The summed E-state index contributed by atoms with van der Waals surface area (Å²) in [4.78, 5) is 15.9. The van der Waals surface area contributed by atoms with Gasteiger partial charge in [-0.2, -0.15) is 0 Å². The molecule has 4 nitrogen and oxygen atoms in total. The molecule has 0 saturated carbocycles. The number of carbonyl (C=O) groups is 1. The molecule has 0 aliphatic carbocycles. The van der Waals surface area contributed by atoms with Gasteiger partial charge in [0, 0.05) is 26.2 Å². The normalized spacial score (nSPS) is 20.9. The van der Waals surface area contributed by atoms with Gasteiger partial charge in [0.2, 0.25) is 5.91 Å². The fraction of sp³-hybridized carbons (Fsp3) is 0.533. The molecule has 1 aromatic carbocycles. The molecule has 2 N–H and O–H groups in total. The van der Waals surface area contributed by atoms with Gasteiger partial charge in [-0.3, -0.25) is 9.69 Å². The second-order valence-corrected chi connectivity index (χ2v) is 5.40. The topological polar surface area (TPSA) is 49.6 Å². The van der Waals surface area contributed by atoms with Crippen LogP contribution >= 0.6 is 0 Å². The van der Waals surface area contributed by atoms with Crippen LogP contribution in [-0.4, -0.2) is 48.9 Å². The van der Waals surface area contributed by atoms with Crippen LogP contribution in [-0.2, 0) is 4.79 Å². The van der Waals surface area contributed by atoms with Crippen molar-refractivity contribution in [2.24, 2.45) is 5.73 Å². The third-order valence-corrected chi connectivity index (χ3v) is 3.91. The van der Waals surface area contributed by atoms with Gasteiger partial charge in [-0.25, -0.2) is 4.39 Å². The van der Waals surface area contributed by atoms with Crippen molar-refractivity contribution in [3.05, 3.63) is 35.6 Å². The van der Waals surface area contributed by atoms with Gasteiger partial charge in [-0.15, -0.1) is 0 Å². The first-order valence-corrected chi connectivity index (χ1v) is 6.97. The fourth-order valence-electron chi connectivity index (χ4n) is 2.91. The first-order chi connectivity index (χ1) is 9.56. The maximum atomic E-state index is 14.0. The van der Waals surface area contributed by atoms with Crippen LogP contribution in [0.4, 0.5) is 4.39 Å². The number of carbonyl (C=O) groups excluding carboxylic acids is 1. The van der Waals surface area contributed by atoms with Crippen LogP contribution in [0.25, 0.3) is 0 Å². The molecule has 20 heavy (non-hydrogen) atoms. The van der Waals surface area contributed by atoms with Crippen LogP contribution in [0.3, 0.4) is 0 Å². The molecule has 1 aliphatic rings. The Morgan fingerprint density at radius 3 is 2.80 bits per heavy atom. The number of amides is 1. The summed E-state index contributed by atoms with van der Waals surface area (Å²) >= 11 is 0. The van der Waals surface area contributed by atoms with Crippen LogP contribution in [0, 0.1) is 5.82 Å². The molecule has 0 bridgehead atoms. The maximum Gasteiger partial charge on any atom is 0.239 e. The third-order valence-electron chi connectivity index (χ3n) is 3.91. The summed E-state index contributed by atoms with van der Waals surface area (Å²) in [6.07, 6.45) is 1.75. The minimum absolute atomic E-state index is 0.0669. The summed E-state index contributed by atoms with van der Waals surface area (Å²) in [7, 11) is 3.50. The molecule has 5 heteroatoms. The van der Waals surface area contributed by atoms with E-state index in [1.807, 2.05) is 4.90 Å².